The number of aryl methyl sites for hydroxylation is 2. The lowest BCUT2D eigenvalue weighted by Crippen LogP contribution is -2.27. The van der Waals surface area contributed by atoms with E-state index in [4.69, 9.17) is 0 Å². The van der Waals surface area contributed by atoms with E-state index in [9.17, 15) is 12.8 Å². The topological polar surface area (TPSA) is 50.3 Å². The molecule has 0 aliphatic heterocycles. The van der Waals surface area contributed by atoms with Crippen LogP contribution in [-0.4, -0.2) is 20.4 Å². The zero-order valence-electron chi connectivity index (χ0n) is 10.7. The maximum Gasteiger partial charge on any atom is 0.266 e. The Morgan fingerprint density at radius 2 is 2.00 bits per heavy atom. The highest BCUT2D eigenvalue weighted by Gasteiger charge is 2.25. The third-order valence-electron chi connectivity index (χ3n) is 2.65. The van der Waals surface area contributed by atoms with Gasteiger partial charge in [-0.05, 0) is 37.6 Å². The molecule has 0 bridgehead atoms. The highest BCUT2D eigenvalue weighted by Crippen LogP contribution is 2.27. The molecule has 0 amide bonds. The summed E-state index contributed by atoms with van der Waals surface area (Å²) in [5, 5.41) is 2.17. The first-order chi connectivity index (χ1) is 8.82. The maximum absolute atomic E-state index is 13.0. The predicted octanol–water partition coefficient (Wildman–Crippen LogP) is 2.72. The van der Waals surface area contributed by atoms with E-state index in [0.29, 0.717) is 10.7 Å². The molecule has 0 aliphatic rings. The third-order valence-corrected chi connectivity index (χ3v) is 5.71. The second kappa shape index (κ2) is 4.90. The van der Waals surface area contributed by atoms with E-state index in [2.05, 4.69) is 4.98 Å². The fourth-order valence-corrected chi connectivity index (χ4v) is 3.98. The summed E-state index contributed by atoms with van der Waals surface area (Å²) in [6.07, 6.45) is 0. The van der Waals surface area contributed by atoms with Gasteiger partial charge in [0, 0.05) is 12.4 Å². The number of thiazole rings is 1. The van der Waals surface area contributed by atoms with Gasteiger partial charge < -0.3 is 0 Å². The molecule has 0 atom stereocenters. The van der Waals surface area contributed by atoms with Gasteiger partial charge in [-0.1, -0.05) is 0 Å². The van der Waals surface area contributed by atoms with Crippen molar-refractivity contribution >= 4 is 26.5 Å². The van der Waals surface area contributed by atoms with Crippen molar-refractivity contribution in [1.29, 1.82) is 0 Å². The molecule has 0 aliphatic carbocycles. The number of benzene rings is 1. The summed E-state index contributed by atoms with van der Waals surface area (Å²) in [4.78, 5) is 4.23. The van der Waals surface area contributed by atoms with Gasteiger partial charge in [0.25, 0.3) is 10.0 Å². The number of halogens is 1. The van der Waals surface area contributed by atoms with Crippen LogP contribution in [0.25, 0.3) is 0 Å². The fourth-order valence-electron chi connectivity index (χ4n) is 1.64. The molecule has 0 saturated carbocycles. The van der Waals surface area contributed by atoms with E-state index in [1.807, 2.05) is 0 Å². The Hall–Kier alpha value is -1.47. The van der Waals surface area contributed by atoms with Gasteiger partial charge in [0.15, 0.2) is 5.13 Å². The van der Waals surface area contributed by atoms with Crippen molar-refractivity contribution in [1.82, 2.24) is 4.98 Å². The quantitative estimate of drug-likeness (QED) is 0.875. The second-order valence-electron chi connectivity index (χ2n) is 4.15. The summed E-state index contributed by atoms with van der Waals surface area (Å²) in [5.74, 6) is -0.454. The van der Waals surface area contributed by atoms with Gasteiger partial charge in [-0.25, -0.2) is 22.1 Å². The summed E-state index contributed by atoms with van der Waals surface area (Å²) in [7, 11) is -2.27. The molecule has 0 radical (unpaired) electrons. The minimum Gasteiger partial charge on any atom is -0.244 e. The molecular formula is C12H13FN2O2S2. The van der Waals surface area contributed by atoms with Gasteiger partial charge in [-0.3, -0.25) is 0 Å². The molecule has 1 heterocycles. The SMILES string of the molecule is Cc1csc(N(C)S(=O)(=O)c2ccc(F)cc2C)n1. The number of anilines is 1. The van der Waals surface area contributed by atoms with Gasteiger partial charge in [0.2, 0.25) is 0 Å². The molecule has 2 rings (SSSR count). The summed E-state index contributed by atoms with van der Waals surface area (Å²) in [6.45, 7) is 3.36. The largest absolute Gasteiger partial charge is 0.266 e. The summed E-state index contributed by atoms with van der Waals surface area (Å²) >= 11 is 1.25. The Morgan fingerprint density at radius 3 is 2.53 bits per heavy atom. The molecule has 1 aromatic heterocycles. The molecule has 0 spiro atoms. The second-order valence-corrected chi connectivity index (χ2v) is 6.93. The Bertz CT molecular complexity index is 710. The van der Waals surface area contributed by atoms with Crippen LogP contribution < -0.4 is 4.31 Å². The van der Waals surface area contributed by atoms with Crippen molar-refractivity contribution < 1.29 is 12.8 Å². The lowest BCUT2D eigenvalue weighted by Gasteiger charge is -2.17. The molecule has 1 aromatic carbocycles. The Balaban J connectivity index is 2.47. The van der Waals surface area contributed by atoms with Crippen LogP contribution in [0.1, 0.15) is 11.3 Å². The average Bonchev–Trinajstić information content (AvgIpc) is 2.74. The number of rotatable bonds is 3. The van der Waals surface area contributed by atoms with Crippen molar-refractivity contribution in [2.75, 3.05) is 11.4 Å². The van der Waals surface area contributed by atoms with Crippen LogP contribution in [0.5, 0.6) is 0 Å². The molecule has 0 saturated heterocycles. The van der Waals surface area contributed by atoms with Gasteiger partial charge in [0.1, 0.15) is 5.82 Å². The minimum absolute atomic E-state index is 0.0873. The molecule has 0 fully saturated rings. The van der Waals surface area contributed by atoms with Crippen molar-refractivity contribution in [3.05, 3.63) is 40.7 Å². The van der Waals surface area contributed by atoms with E-state index in [1.54, 1.807) is 19.2 Å². The lowest BCUT2D eigenvalue weighted by atomic mass is 10.2. The van der Waals surface area contributed by atoms with E-state index in [1.165, 1.54) is 30.5 Å². The fraction of sp³-hybridized carbons (Fsp3) is 0.250. The molecule has 0 N–H and O–H groups in total. The lowest BCUT2D eigenvalue weighted by molar-refractivity contribution is 0.592. The number of hydrogen-bond acceptors (Lipinski definition) is 4. The number of sulfonamides is 1. The molecule has 4 nitrogen and oxygen atoms in total. The Kier molecular flexibility index (Phi) is 3.60. The normalized spacial score (nSPS) is 11.6. The van der Waals surface area contributed by atoms with Crippen molar-refractivity contribution in [2.24, 2.45) is 0 Å². The van der Waals surface area contributed by atoms with Gasteiger partial charge in [-0.2, -0.15) is 0 Å². The van der Waals surface area contributed by atoms with Crippen LogP contribution in [-0.2, 0) is 10.0 Å². The van der Waals surface area contributed by atoms with Crippen molar-refractivity contribution in [2.45, 2.75) is 18.7 Å². The van der Waals surface area contributed by atoms with Crippen molar-refractivity contribution in [3.8, 4) is 0 Å². The van der Waals surface area contributed by atoms with E-state index >= 15 is 0 Å². The zero-order valence-corrected chi connectivity index (χ0v) is 12.3. The maximum atomic E-state index is 13.0. The van der Waals surface area contributed by atoms with Crippen LogP contribution in [0.15, 0.2) is 28.5 Å². The predicted molar refractivity (Wildman–Crippen MR) is 73.6 cm³/mol. The van der Waals surface area contributed by atoms with E-state index in [-0.39, 0.29) is 4.90 Å². The Labute approximate surface area is 115 Å². The summed E-state index contributed by atoms with van der Waals surface area (Å²) in [5.41, 5.74) is 1.14. The minimum atomic E-state index is -3.71. The molecule has 0 unspecified atom stereocenters. The van der Waals surface area contributed by atoms with Crippen LogP contribution in [0.2, 0.25) is 0 Å². The summed E-state index contributed by atoms with van der Waals surface area (Å²) in [6, 6.07) is 3.62. The molecule has 2 aromatic rings. The van der Waals surface area contributed by atoms with Crippen LogP contribution in [0, 0.1) is 19.7 Å². The Morgan fingerprint density at radius 1 is 1.32 bits per heavy atom. The smallest absolute Gasteiger partial charge is 0.244 e. The third kappa shape index (κ3) is 2.62. The molecular weight excluding hydrogens is 287 g/mol. The molecule has 19 heavy (non-hydrogen) atoms. The highest BCUT2D eigenvalue weighted by molar-refractivity contribution is 7.93. The van der Waals surface area contributed by atoms with Crippen molar-refractivity contribution in [3.63, 3.8) is 0 Å². The highest BCUT2D eigenvalue weighted by atomic mass is 32.2. The average molecular weight is 300 g/mol. The van der Waals surface area contributed by atoms with Crippen LogP contribution in [0.3, 0.4) is 0 Å². The van der Waals surface area contributed by atoms with Crippen LogP contribution in [0.4, 0.5) is 9.52 Å². The zero-order chi connectivity index (χ0) is 14.2. The van der Waals surface area contributed by atoms with E-state index in [0.717, 1.165) is 16.1 Å². The number of aromatic nitrogens is 1. The van der Waals surface area contributed by atoms with Gasteiger partial charge in [0.05, 0.1) is 10.6 Å². The monoisotopic (exact) mass is 300 g/mol. The van der Waals surface area contributed by atoms with Gasteiger partial charge >= 0.3 is 0 Å². The number of nitrogens with zero attached hydrogens (tertiary/aromatic N) is 2. The summed E-state index contributed by atoms with van der Waals surface area (Å²) < 4.78 is 39.0. The molecule has 102 valence electrons. The van der Waals surface area contributed by atoms with E-state index < -0.39 is 15.8 Å². The first-order valence-electron chi connectivity index (χ1n) is 5.49. The first-order valence-corrected chi connectivity index (χ1v) is 7.81. The van der Waals surface area contributed by atoms with Gasteiger partial charge in [-0.15, -0.1) is 11.3 Å². The van der Waals surface area contributed by atoms with Crippen LogP contribution >= 0.6 is 11.3 Å². The molecule has 7 heteroatoms. The number of hydrogen-bond donors (Lipinski definition) is 0. The first kappa shape index (κ1) is 14.0. The standard InChI is InChI=1S/C12H13FN2O2S2/c1-8-6-10(13)4-5-11(8)19(16,17)15(3)12-14-9(2)7-18-12/h4-7H,1-3H3.